The van der Waals surface area contributed by atoms with Crippen molar-refractivity contribution in [2.24, 2.45) is 11.7 Å². The van der Waals surface area contributed by atoms with Crippen LogP contribution in [0.25, 0.3) is 0 Å². The molecule has 18 heavy (non-hydrogen) atoms. The van der Waals surface area contributed by atoms with Gasteiger partial charge in [-0.25, -0.2) is 0 Å². The average molecular weight is 258 g/mol. The third-order valence-corrected chi connectivity index (χ3v) is 3.09. The SMILES string of the molecule is CCCC(CCN)CCC(=O)N(C)CC(C)(C)O. The number of likely N-dealkylation sites (N-methyl/N-ethyl adjacent to an activating group) is 1. The molecule has 0 spiro atoms. The zero-order valence-corrected chi connectivity index (χ0v) is 12.4. The lowest BCUT2D eigenvalue weighted by atomic mass is 9.94. The third-order valence-electron chi connectivity index (χ3n) is 3.09. The summed E-state index contributed by atoms with van der Waals surface area (Å²) >= 11 is 0. The lowest BCUT2D eigenvalue weighted by Gasteiger charge is -2.26. The molecular formula is C14H30N2O2. The van der Waals surface area contributed by atoms with E-state index < -0.39 is 5.60 Å². The molecule has 0 aromatic heterocycles. The number of amides is 1. The van der Waals surface area contributed by atoms with Crippen molar-refractivity contribution in [2.75, 3.05) is 20.1 Å². The Bertz CT molecular complexity index is 230. The van der Waals surface area contributed by atoms with Crippen LogP contribution in [0.4, 0.5) is 0 Å². The molecule has 0 aliphatic carbocycles. The fourth-order valence-electron chi connectivity index (χ4n) is 2.26. The van der Waals surface area contributed by atoms with E-state index in [0.717, 1.165) is 25.7 Å². The minimum atomic E-state index is -0.829. The first-order valence-electron chi connectivity index (χ1n) is 6.96. The van der Waals surface area contributed by atoms with Crippen LogP contribution in [-0.2, 0) is 4.79 Å². The van der Waals surface area contributed by atoms with Crippen LogP contribution in [-0.4, -0.2) is 41.7 Å². The van der Waals surface area contributed by atoms with Crippen LogP contribution >= 0.6 is 0 Å². The number of nitrogens with two attached hydrogens (primary N) is 1. The van der Waals surface area contributed by atoms with E-state index in [-0.39, 0.29) is 5.91 Å². The summed E-state index contributed by atoms with van der Waals surface area (Å²) in [5.41, 5.74) is 4.75. The minimum Gasteiger partial charge on any atom is -0.389 e. The highest BCUT2D eigenvalue weighted by Gasteiger charge is 2.19. The number of rotatable bonds is 9. The highest BCUT2D eigenvalue weighted by atomic mass is 16.3. The van der Waals surface area contributed by atoms with E-state index in [2.05, 4.69) is 6.92 Å². The van der Waals surface area contributed by atoms with Gasteiger partial charge in [-0.05, 0) is 39.2 Å². The van der Waals surface area contributed by atoms with Crippen LogP contribution in [0.15, 0.2) is 0 Å². The average Bonchev–Trinajstić information content (AvgIpc) is 2.23. The Morgan fingerprint density at radius 1 is 1.33 bits per heavy atom. The Kier molecular flexibility index (Phi) is 8.20. The largest absolute Gasteiger partial charge is 0.389 e. The number of nitrogens with zero attached hydrogens (tertiary/aromatic N) is 1. The summed E-state index contributed by atoms with van der Waals surface area (Å²) in [5.74, 6) is 0.662. The molecule has 1 atom stereocenters. The molecule has 0 saturated heterocycles. The van der Waals surface area contributed by atoms with Gasteiger partial charge in [0, 0.05) is 20.0 Å². The third kappa shape index (κ3) is 8.48. The summed E-state index contributed by atoms with van der Waals surface area (Å²) in [5, 5.41) is 9.67. The van der Waals surface area contributed by atoms with Gasteiger partial charge in [-0.3, -0.25) is 4.79 Å². The van der Waals surface area contributed by atoms with Crippen LogP contribution in [0.2, 0.25) is 0 Å². The van der Waals surface area contributed by atoms with Crippen molar-refractivity contribution in [1.29, 1.82) is 0 Å². The molecule has 4 heteroatoms. The van der Waals surface area contributed by atoms with Gasteiger partial charge in [0.05, 0.1) is 5.60 Å². The van der Waals surface area contributed by atoms with Crippen molar-refractivity contribution in [3.8, 4) is 0 Å². The molecule has 1 amide bonds. The van der Waals surface area contributed by atoms with Gasteiger partial charge < -0.3 is 15.7 Å². The maximum Gasteiger partial charge on any atom is 0.222 e. The summed E-state index contributed by atoms with van der Waals surface area (Å²) in [6.45, 7) is 6.65. The Morgan fingerprint density at radius 3 is 2.39 bits per heavy atom. The van der Waals surface area contributed by atoms with E-state index in [4.69, 9.17) is 5.73 Å². The van der Waals surface area contributed by atoms with Gasteiger partial charge in [0.25, 0.3) is 0 Å². The van der Waals surface area contributed by atoms with Crippen LogP contribution < -0.4 is 5.73 Å². The molecule has 0 radical (unpaired) electrons. The quantitative estimate of drug-likeness (QED) is 0.662. The molecule has 4 nitrogen and oxygen atoms in total. The van der Waals surface area contributed by atoms with E-state index in [9.17, 15) is 9.90 Å². The normalized spacial score (nSPS) is 13.4. The second kappa shape index (κ2) is 8.48. The van der Waals surface area contributed by atoms with Crippen molar-refractivity contribution in [3.05, 3.63) is 0 Å². The number of hydrogen-bond acceptors (Lipinski definition) is 3. The van der Waals surface area contributed by atoms with Crippen LogP contribution in [0.1, 0.15) is 52.9 Å². The highest BCUT2D eigenvalue weighted by molar-refractivity contribution is 5.75. The second-order valence-electron chi connectivity index (χ2n) is 5.83. The maximum absolute atomic E-state index is 11.9. The molecule has 0 aromatic carbocycles. The molecule has 0 rings (SSSR count). The molecule has 0 aliphatic rings. The van der Waals surface area contributed by atoms with Gasteiger partial charge in [0.1, 0.15) is 0 Å². The first-order chi connectivity index (χ1) is 8.30. The topological polar surface area (TPSA) is 66.6 Å². The number of carbonyl (C=O) groups excluding carboxylic acids is 1. The van der Waals surface area contributed by atoms with E-state index in [1.54, 1.807) is 25.8 Å². The van der Waals surface area contributed by atoms with Crippen LogP contribution in [0.3, 0.4) is 0 Å². The fourth-order valence-corrected chi connectivity index (χ4v) is 2.26. The first-order valence-corrected chi connectivity index (χ1v) is 6.96. The molecule has 3 N–H and O–H groups in total. The van der Waals surface area contributed by atoms with Crippen molar-refractivity contribution in [1.82, 2.24) is 4.90 Å². The van der Waals surface area contributed by atoms with E-state index in [0.29, 0.717) is 25.4 Å². The van der Waals surface area contributed by atoms with Crippen molar-refractivity contribution < 1.29 is 9.90 Å². The standard InChI is InChI=1S/C14H30N2O2/c1-5-6-12(9-10-15)7-8-13(17)16(4)11-14(2,3)18/h12,18H,5-11,15H2,1-4H3. The van der Waals surface area contributed by atoms with E-state index in [1.165, 1.54) is 0 Å². The van der Waals surface area contributed by atoms with Gasteiger partial charge in [0.15, 0.2) is 0 Å². The predicted molar refractivity (Wildman–Crippen MR) is 75.2 cm³/mol. The Balaban J connectivity index is 4.06. The van der Waals surface area contributed by atoms with E-state index in [1.807, 2.05) is 0 Å². The molecule has 0 aromatic rings. The maximum atomic E-state index is 11.9. The zero-order chi connectivity index (χ0) is 14.2. The minimum absolute atomic E-state index is 0.107. The molecule has 1 unspecified atom stereocenters. The molecule has 0 saturated carbocycles. The highest BCUT2D eigenvalue weighted by Crippen LogP contribution is 2.17. The predicted octanol–water partition coefficient (Wildman–Crippen LogP) is 1.76. The summed E-state index contributed by atoms with van der Waals surface area (Å²) in [7, 11) is 1.75. The molecule has 108 valence electrons. The number of carbonyl (C=O) groups is 1. The lowest BCUT2D eigenvalue weighted by Crippen LogP contribution is -2.39. The summed E-state index contributed by atoms with van der Waals surface area (Å²) in [4.78, 5) is 13.5. The Labute approximate surface area is 112 Å². The van der Waals surface area contributed by atoms with E-state index >= 15 is 0 Å². The van der Waals surface area contributed by atoms with Gasteiger partial charge in [0.2, 0.25) is 5.91 Å². The molecule has 0 heterocycles. The van der Waals surface area contributed by atoms with Crippen molar-refractivity contribution in [2.45, 2.75) is 58.5 Å². The summed E-state index contributed by atoms with van der Waals surface area (Å²) in [6, 6.07) is 0. The molecule has 0 bridgehead atoms. The lowest BCUT2D eigenvalue weighted by molar-refractivity contribution is -0.132. The fraction of sp³-hybridized carbons (Fsp3) is 0.929. The number of aliphatic hydroxyl groups is 1. The van der Waals surface area contributed by atoms with Gasteiger partial charge in [-0.15, -0.1) is 0 Å². The van der Waals surface area contributed by atoms with Gasteiger partial charge >= 0.3 is 0 Å². The number of hydrogen-bond donors (Lipinski definition) is 2. The Morgan fingerprint density at radius 2 is 1.94 bits per heavy atom. The molecule has 0 aliphatic heterocycles. The zero-order valence-electron chi connectivity index (χ0n) is 12.4. The van der Waals surface area contributed by atoms with Crippen molar-refractivity contribution >= 4 is 5.91 Å². The second-order valence-corrected chi connectivity index (χ2v) is 5.83. The van der Waals surface area contributed by atoms with Gasteiger partial charge in [-0.2, -0.15) is 0 Å². The Hall–Kier alpha value is -0.610. The van der Waals surface area contributed by atoms with Crippen LogP contribution in [0, 0.1) is 5.92 Å². The monoisotopic (exact) mass is 258 g/mol. The molecule has 0 fully saturated rings. The van der Waals surface area contributed by atoms with Crippen LogP contribution in [0.5, 0.6) is 0 Å². The molecular weight excluding hydrogens is 228 g/mol. The van der Waals surface area contributed by atoms with Gasteiger partial charge in [-0.1, -0.05) is 19.8 Å². The smallest absolute Gasteiger partial charge is 0.222 e. The summed E-state index contributed by atoms with van der Waals surface area (Å²) < 4.78 is 0. The first kappa shape index (κ1) is 17.4. The summed E-state index contributed by atoms with van der Waals surface area (Å²) in [6.07, 6.45) is 4.73. The van der Waals surface area contributed by atoms with Crippen molar-refractivity contribution in [3.63, 3.8) is 0 Å².